The third-order valence-electron chi connectivity index (χ3n) is 5.29. The van der Waals surface area contributed by atoms with Gasteiger partial charge in [0.05, 0.1) is 10.5 Å². The number of carbonyl (C=O) groups is 1. The highest BCUT2D eigenvalue weighted by Crippen LogP contribution is 2.26. The molecule has 1 aromatic heterocycles. The molecule has 1 aliphatic rings. The van der Waals surface area contributed by atoms with Crippen molar-refractivity contribution in [2.24, 2.45) is 5.92 Å². The molecule has 8 nitrogen and oxygen atoms in total. The molecule has 1 fully saturated rings. The number of nitrogens with zero attached hydrogens (tertiary/aromatic N) is 3. The van der Waals surface area contributed by atoms with Crippen LogP contribution < -0.4 is 5.32 Å². The van der Waals surface area contributed by atoms with E-state index in [9.17, 15) is 13.2 Å². The predicted molar refractivity (Wildman–Crippen MR) is 113 cm³/mol. The van der Waals surface area contributed by atoms with Crippen LogP contribution in [0.2, 0.25) is 0 Å². The highest BCUT2D eigenvalue weighted by atomic mass is 32.2. The van der Waals surface area contributed by atoms with Crippen molar-refractivity contribution in [2.75, 3.05) is 25.0 Å². The van der Waals surface area contributed by atoms with Crippen molar-refractivity contribution < 1.29 is 18.3 Å². The van der Waals surface area contributed by atoms with Gasteiger partial charge in [-0.15, -0.1) is 0 Å². The van der Waals surface area contributed by atoms with Crippen molar-refractivity contribution >= 4 is 32.7 Å². The van der Waals surface area contributed by atoms with Crippen molar-refractivity contribution in [1.82, 2.24) is 14.3 Å². The van der Waals surface area contributed by atoms with E-state index in [0.29, 0.717) is 30.5 Å². The lowest BCUT2D eigenvalue weighted by molar-refractivity contribution is 0.0696. The van der Waals surface area contributed by atoms with Gasteiger partial charge in [-0.2, -0.15) is 4.31 Å². The zero-order valence-corrected chi connectivity index (χ0v) is 17.0. The monoisotopic (exact) mass is 426 g/mol. The Balaban J connectivity index is 1.43. The van der Waals surface area contributed by atoms with E-state index >= 15 is 0 Å². The number of aromatic nitrogens is 2. The number of hydrogen-bond acceptors (Lipinski definition) is 6. The molecule has 30 heavy (non-hydrogen) atoms. The minimum Gasteiger partial charge on any atom is -0.478 e. The molecule has 156 valence electrons. The van der Waals surface area contributed by atoms with Crippen LogP contribution in [-0.2, 0) is 10.0 Å². The molecule has 0 spiro atoms. The number of hydrogen-bond donors (Lipinski definition) is 2. The molecule has 1 aliphatic heterocycles. The van der Waals surface area contributed by atoms with Gasteiger partial charge in [0.2, 0.25) is 16.0 Å². The molecule has 0 amide bonds. The molecular formula is C21H22N4O4S. The maximum atomic E-state index is 13.2. The van der Waals surface area contributed by atoms with Crippen LogP contribution in [0, 0.1) is 5.92 Å². The predicted octanol–water partition coefficient (Wildman–Crippen LogP) is 2.84. The second kappa shape index (κ2) is 8.37. The van der Waals surface area contributed by atoms with Gasteiger partial charge in [-0.1, -0.05) is 30.3 Å². The van der Waals surface area contributed by atoms with Crippen LogP contribution in [0.15, 0.2) is 59.8 Å². The number of rotatable bonds is 6. The fourth-order valence-electron chi connectivity index (χ4n) is 3.65. The first-order valence-corrected chi connectivity index (χ1v) is 11.2. The first kappa shape index (κ1) is 20.2. The Morgan fingerprint density at radius 3 is 2.60 bits per heavy atom. The molecule has 2 heterocycles. The van der Waals surface area contributed by atoms with Gasteiger partial charge in [0.25, 0.3) is 0 Å². The lowest BCUT2D eigenvalue weighted by Crippen LogP contribution is -2.41. The average Bonchev–Trinajstić information content (AvgIpc) is 2.78. The molecule has 0 saturated carbocycles. The van der Waals surface area contributed by atoms with Crippen LogP contribution in [0.4, 0.5) is 5.95 Å². The minimum atomic E-state index is -3.58. The third kappa shape index (κ3) is 4.27. The Hall–Kier alpha value is -3.04. The molecule has 1 unspecified atom stereocenters. The lowest BCUT2D eigenvalue weighted by atomic mass is 10.00. The minimum absolute atomic E-state index is 0.0193. The van der Waals surface area contributed by atoms with Gasteiger partial charge in [-0.05, 0) is 41.7 Å². The normalized spacial score (nSPS) is 17.7. The van der Waals surface area contributed by atoms with Gasteiger partial charge in [0.15, 0.2) is 0 Å². The highest BCUT2D eigenvalue weighted by molar-refractivity contribution is 7.89. The number of sulfonamides is 1. The summed E-state index contributed by atoms with van der Waals surface area (Å²) in [7, 11) is -3.58. The van der Waals surface area contributed by atoms with E-state index in [2.05, 4.69) is 15.3 Å². The van der Waals surface area contributed by atoms with E-state index in [-0.39, 0.29) is 11.5 Å². The SMILES string of the molecule is O=C(O)c1cnc(NCC2CCCN(S(=O)(=O)c3ccc4ccccc4c3)C2)nc1. The highest BCUT2D eigenvalue weighted by Gasteiger charge is 2.30. The Bertz CT molecular complexity index is 1170. The fraction of sp³-hybridized carbons (Fsp3) is 0.286. The van der Waals surface area contributed by atoms with Crippen molar-refractivity contribution in [1.29, 1.82) is 0 Å². The van der Waals surface area contributed by atoms with Crippen LogP contribution >= 0.6 is 0 Å². The molecule has 2 N–H and O–H groups in total. The summed E-state index contributed by atoms with van der Waals surface area (Å²) < 4.78 is 27.9. The molecule has 1 saturated heterocycles. The quantitative estimate of drug-likeness (QED) is 0.623. The first-order chi connectivity index (χ1) is 14.4. The van der Waals surface area contributed by atoms with E-state index in [0.717, 1.165) is 23.6 Å². The summed E-state index contributed by atoms with van der Waals surface area (Å²) in [6, 6.07) is 12.9. The van der Waals surface area contributed by atoms with Gasteiger partial charge < -0.3 is 10.4 Å². The Morgan fingerprint density at radius 1 is 1.13 bits per heavy atom. The molecule has 2 aromatic carbocycles. The maximum absolute atomic E-state index is 13.2. The van der Waals surface area contributed by atoms with Crippen molar-refractivity contribution in [3.05, 3.63) is 60.4 Å². The van der Waals surface area contributed by atoms with Gasteiger partial charge in [-0.25, -0.2) is 23.2 Å². The topological polar surface area (TPSA) is 112 Å². The van der Waals surface area contributed by atoms with E-state index in [1.807, 2.05) is 30.3 Å². The van der Waals surface area contributed by atoms with Crippen LogP contribution in [0.5, 0.6) is 0 Å². The molecule has 9 heteroatoms. The van der Waals surface area contributed by atoms with E-state index in [1.165, 1.54) is 12.4 Å². The molecule has 0 aliphatic carbocycles. The molecule has 1 atom stereocenters. The van der Waals surface area contributed by atoms with Crippen molar-refractivity contribution in [3.63, 3.8) is 0 Å². The maximum Gasteiger partial charge on any atom is 0.338 e. The number of carboxylic acids is 1. The Morgan fingerprint density at radius 2 is 1.87 bits per heavy atom. The van der Waals surface area contributed by atoms with Crippen LogP contribution in [0.3, 0.4) is 0 Å². The van der Waals surface area contributed by atoms with Crippen LogP contribution in [0.25, 0.3) is 10.8 Å². The van der Waals surface area contributed by atoms with Crippen molar-refractivity contribution in [2.45, 2.75) is 17.7 Å². The molecule has 0 radical (unpaired) electrons. The van der Waals surface area contributed by atoms with E-state index in [4.69, 9.17) is 5.11 Å². The van der Waals surface area contributed by atoms with Gasteiger partial charge in [0, 0.05) is 32.0 Å². The number of aromatic carboxylic acids is 1. The van der Waals surface area contributed by atoms with E-state index in [1.54, 1.807) is 16.4 Å². The largest absolute Gasteiger partial charge is 0.478 e. The third-order valence-corrected chi connectivity index (χ3v) is 7.15. The zero-order chi connectivity index (χ0) is 21.1. The Kier molecular flexibility index (Phi) is 5.65. The van der Waals surface area contributed by atoms with Crippen molar-refractivity contribution in [3.8, 4) is 0 Å². The first-order valence-electron chi connectivity index (χ1n) is 9.71. The molecule has 0 bridgehead atoms. The van der Waals surface area contributed by atoms with Gasteiger partial charge >= 0.3 is 5.97 Å². The number of piperidine rings is 1. The van der Waals surface area contributed by atoms with E-state index < -0.39 is 16.0 Å². The summed E-state index contributed by atoms with van der Waals surface area (Å²) in [5.41, 5.74) is 0.0193. The smallest absolute Gasteiger partial charge is 0.338 e. The number of fused-ring (bicyclic) bond motifs is 1. The zero-order valence-electron chi connectivity index (χ0n) is 16.2. The summed E-state index contributed by atoms with van der Waals surface area (Å²) in [6.07, 6.45) is 4.16. The van der Waals surface area contributed by atoms with Crippen LogP contribution in [0.1, 0.15) is 23.2 Å². The summed E-state index contributed by atoms with van der Waals surface area (Å²) in [5.74, 6) is -0.644. The number of anilines is 1. The summed E-state index contributed by atoms with van der Waals surface area (Å²) >= 11 is 0. The Labute approximate surface area is 174 Å². The lowest BCUT2D eigenvalue weighted by Gasteiger charge is -2.32. The summed E-state index contributed by atoms with van der Waals surface area (Å²) in [6.45, 7) is 1.42. The summed E-state index contributed by atoms with van der Waals surface area (Å²) in [4.78, 5) is 19.2. The standard InChI is InChI=1S/C21H22N4O4S/c26-20(27)18-12-23-21(24-13-18)22-11-15-4-3-9-25(14-15)30(28,29)19-8-7-16-5-1-2-6-17(16)10-19/h1-2,5-8,10,12-13,15H,3-4,9,11,14H2,(H,26,27)(H,22,23,24). The second-order valence-corrected chi connectivity index (χ2v) is 9.30. The number of benzene rings is 2. The number of nitrogens with one attached hydrogen (secondary N) is 1. The number of carboxylic acid groups (broad SMARTS) is 1. The van der Waals surface area contributed by atoms with Crippen LogP contribution in [-0.4, -0.2) is 53.4 Å². The molecule has 4 rings (SSSR count). The average molecular weight is 426 g/mol. The summed E-state index contributed by atoms with van der Waals surface area (Å²) in [5, 5.41) is 13.9. The fourth-order valence-corrected chi connectivity index (χ4v) is 5.24. The van der Waals surface area contributed by atoms with Gasteiger partial charge in [-0.3, -0.25) is 0 Å². The van der Waals surface area contributed by atoms with Gasteiger partial charge in [0.1, 0.15) is 0 Å². The molecule has 3 aromatic rings. The second-order valence-electron chi connectivity index (χ2n) is 7.36. The molecular weight excluding hydrogens is 404 g/mol.